The summed E-state index contributed by atoms with van der Waals surface area (Å²) in [4.78, 5) is 27.2. The van der Waals surface area contributed by atoms with Crippen LogP contribution in [0.2, 0.25) is 0 Å². The van der Waals surface area contributed by atoms with E-state index < -0.39 is 36.4 Å². The molecule has 5 rings (SSSR count). The Morgan fingerprint density at radius 3 is 2.63 bits per heavy atom. The molecule has 0 bridgehead atoms. The molecule has 3 heterocycles. The lowest BCUT2D eigenvalue weighted by molar-refractivity contribution is -0.124. The number of benzene rings is 2. The Labute approximate surface area is 235 Å². The molecule has 4 aromatic rings. The molecule has 1 aliphatic rings. The second-order valence-electron chi connectivity index (χ2n) is 9.19. The van der Waals surface area contributed by atoms with Crippen molar-refractivity contribution in [1.29, 1.82) is 0 Å². The standard InChI is InChI=1S/C28H23F5N6OS/c29-21-6-3-16(10-22(21)30)12-36-27(40)19-2-1-9-34-25(19)35-13-18-5-8-24(41-18)17-4-7-23-20(11-17)26(39-15-38-23)37-14-28(31,32)33/h1-11,15,19,25,35H,12-14H2,(H,36,40)(H,37,38,39). The number of halogens is 5. The summed E-state index contributed by atoms with van der Waals surface area (Å²) in [6.07, 6.45) is 1.27. The molecule has 2 unspecified atom stereocenters. The summed E-state index contributed by atoms with van der Waals surface area (Å²) in [6, 6.07) is 12.6. The SMILES string of the molecule is O=C(NCc1ccc(F)c(F)c1)C1C=CC=NC1NCc1ccc(-c2ccc3ncnc(NCC(F)(F)F)c3c2)s1. The van der Waals surface area contributed by atoms with Crippen molar-refractivity contribution in [3.8, 4) is 10.4 Å². The number of hydrogen-bond donors (Lipinski definition) is 3. The minimum absolute atomic E-state index is 0.0370. The zero-order chi connectivity index (χ0) is 29.0. The van der Waals surface area contributed by atoms with E-state index in [1.165, 1.54) is 23.7 Å². The monoisotopic (exact) mass is 586 g/mol. The molecule has 0 spiro atoms. The average molecular weight is 587 g/mol. The molecule has 41 heavy (non-hydrogen) atoms. The summed E-state index contributed by atoms with van der Waals surface area (Å²) in [5.41, 5.74) is 1.75. The summed E-state index contributed by atoms with van der Waals surface area (Å²) in [6.45, 7) is -0.765. The van der Waals surface area contributed by atoms with Crippen LogP contribution in [0.4, 0.5) is 27.8 Å². The number of nitrogens with zero attached hydrogens (tertiary/aromatic N) is 3. The summed E-state index contributed by atoms with van der Waals surface area (Å²) in [5, 5.41) is 8.82. The van der Waals surface area contributed by atoms with Crippen molar-refractivity contribution in [3.05, 3.63) is 89.1 Å². The van der Waals surface area contributed by atoms with Crippen molar-refractivity contribution >= 4 is 40.2 Å². The van der Waals surface area contributed by atoms with Crippen LogP contribution in [0.15, 0.2) is 72.0 Å². The molecule has 0 aliphatic carbocycles. The van der Waals surface area contributed by atoms with Crippen LogP contribution in [-0.4, -0.2) is 41.0 Å². The topological polar surface area (TPSA) is 91.3 Å². The van der Waals surface area contributed by atoms with Crippen LogP contribution in [0.1, 0.15) is 10.4 Å². The highest BCUT2D eigenvalue weighted by Gasteiger charge is 2.28. The molecule has 2 atom stereocenters. The van der Waals surface area contributed by atoms with E-state index in [1.54, 1.807) is 30.5 Å². The lowest BCUT2D eigenvalue weighted by Gasteiger charge is -2.23. The molecule has 1 amide bonds. The molecule has 7 nitrogen and oxygen atoms in total. The van der Waals surface area contributed by atoms with Gasteiger partial charge in [0, 0.05) is 34.4 Å². The molecule has 13 heteroatoms. The van der Waals surface area contributed by atoms with Crippen molar-refractivity contribution in [2.24, 2.45) is 10.9 Å². The number of thiophene rings is 1. The second kappa shape index (κ2) is 12.1. The maximum absolute atomic E-state index is 13.5. The number of aromatic nitrogens is 2. The van der Waals surface area contributed by atoms with Gasteiger partial charge in [0.05, 0.1) is 11.4 Å². The van der Waals surface area contributed by atoms with Gasteiger partial charge in [-0.05, 0) is 53.6 Å². The Hall–Kier alpha value is -4.23. The summed E-state index contributed by atoms with van der Waals surface area (Å²) < 4.78 is 64.8. The smallest absolute Gasteiger partial charge is 0.361 e. The molecule has 3 N–H and O–H groups in total. The Bertz CT molecular complexity index is 1620. The third kappa shape index (κ3) is 7.11. The van der Waals surface area contributed by atoms with Gasteiger partial charge in [0.15, 0.2) is 11.6 Å². The number of carbonyl (C=O) groups excluding carboxylic acids is 1. The molecular weight excluding hydrogens is 563 g/mol. The fourth-order valence-corrected chi connectivity index (χ4v) is 5.20. The third-order valence-electron chi connectivity index (χ3n) is 6.27. The number of rotatable bonds is 9. The number of anilines is 1. The minimum atomic E-state index is -4.38. The van der Waals surface area contributed by atoms with E-state index in [2.05, 4.69) is 30.9 Å². The van der Waals surface area contributed by atoms with E-state index >= 15 is 0 Å². The molecule has 0 saturated carbocycles. The van der Waals surface area contributed by atoms with Gasteiger partial charge in [0.2, 0.25) is 5.91 Å². The van der Waals surface area contributed by atoms with Gasteiger partial charge in [0.25, 0.3) is 0 Å². The van der Waals surface area contributed by atoms with Gasteiger partial charge in [0.1, 0.15) is 24.9 Å². The Morgan fingerprint density at radius 2 is 1.83 bits per heavy atom. The minimum Gasteiger partial charge on any atom is -0.361 e. The van der Waals surface area contributed by atoms with Gasteiger partial charge in [-0.2, -0.15) is 13.2 Å². The normalized spacial score (nSPS) is 16.7. The quantitative estimate of drug-likeness (QED) is 0.222. The number of hydrogen-bond acceptors (Lipinski definition) is 7. The molecule has 2 aromatic carbocycles. The Morgan fingerprint density at radius 1 is 0.976 bits per heavy atom. The van der Waals surface area contributed by atoms with E-state index in [4.69, 9.17) is 0 Å². The Balaban J connectivity index is 1.23. The first kappa shape index (κ1) is 28.3. The van der Waals surface area contributed by atoms with Gasteiger partial charge in [-0.25, -0.2) is 18.7 Å². The van der Waals surface area contributed by atoms with Crippen LogP contribution in [0.5, 0.6) is 0 Å². The number of dihydropyridines is 1. The maximum atomic E-state index is 13.5. The molecule has 1 aliphatic heterocycles. The van der Waals surface area contributed by atoms with Gasteiger partial charge in [-0.3, -0.25) is 15.1 Å². The van der Waals surface area contributed by atoms with E-state index in [0.717, 1.165) is 27.5 Å². The number of alkyl halides is 3. The molecule has 0 saturated heterocycles. The van der Waals surface area contributed by atoms with Gasteiger partial charge in [-0.1, -0.05) is 18.2 Å². The fraction of sp³-hybridized carbons (Fsp3) is 0.214. The van der Waals surface area contributed by atoms with Gasteiger partial charge < -0.3 is 10.6 Å². The van der Waals surface area contributed by atoms with E-state index in [9.17, 15) is 26.7 Å². The highest BCUT2D eigenvalue weighted by molar-refractivity contribution is 7.15. The van der Waals surface area contributed by atoms with Crippen LogP contribution in [0, 0.1) is 17.6 Å². The van der Waals surface area contributed by atoms with Crippen molar-refractivity contribution in [1.82, 2.24) is 20.6 Å². The van der Waals surface area contributed by atoms with Gasteiger partial charge in [-0.15, -0.1) is 11.3 Å². The van der Waals surface area contributed by atoms with Crippen LogP contribution in [0.25, 0.3) is 21.3 Å². The van der Waals surface area contributed by atoms with Crippen LogP contribution in [-0.2, 0) is 17.9 Å². The molecule has 212 valence electrons. The third-order valence-corrected chi connectivity index (χ3v) is 7.40. The van der Waals surface area contributed by atoms with Crippen LogP contribution < -0.4 is 16.0 Å². The lowest BCUT2D eigenvalue weighted by Crippen LogP contribution is -2.43. The first-order valence-electron chi connectivity index (χ1n) is 12.5. The van der Waals surface area contributed by atoms with Crippen molar-refractivity contribution in [2.45, 2.75) is 25.4 Å². The molecule has 0 fully saturated rings. The largest absolute Gasteiger partial charge is 0.405 e. The number of carbonyl (C=O) groups is 1. The second-order valence-corrected chi connectivity index (χ2v) is 10.4. The van der Waals surface area contributed by atoms with Crippen LogP contribution in [0.3, 0.4) is 0 Å². The first-order valence-corrected chi connectivity index (χ1v) is 13.3. The van der Waals surface area contributed by atoms with E-state index in [1.807, 2.05) is 18.2 Å². The number of aliphatic imine (C=N–C) groups is 1. The first-order chi connectivity index (χ1) is 19.7. The number of nitrogens with one attached hydrogen (secondary N) is 3. The zero-order valence-corrected chi connectivity index (χ0v) is 22.1. The molecule has 0 radical (unpaired) electrons. The summed E-state index contributed by atoms with van der Waals surface area (Å²) in [5.74, 6) is -2.77. The predicted octanol–water partition coefficient (Wildman–Crippen LogP) is 5.60. The summed E-state index contributed by atoms with van der Waals surface area (Å²) >= 11 is 1.49. The van der Waals surface area contributed by atoms with E-state index in [-0.39, 0.29) is 18.3 Å². The number of amides is 1. The van der Waals surface area contributed by atoms with Gasteiger partial charge >= 0.3 is 6.18 Å². The van der Waals surface area contributed by atoms with Crippen molar-refractivity contribution in [3.63, 3.8) is 0 Å². The highest BCUT2D eigenvalue weighted by Crippen LogP contribution is 2.32. The summed E-state index contributed by atoms with van der Waals surface area (Å²) in [7, 11) is 0. The van der Waals surface area contributed by atoms with Crippen LogP contribution >= 0.6 is 11.3 Å². The van der Waals surface area contributed by atoms with Crippen molar-refractivity contribution < 1.29 is 26.7 Å². The highest BCUT2D eigenvalue weighted by atomic mass is 32.1. The average Bonchev–Trinajstić information content (AvgIpc) is 3.44. The maximum Gasteiger partial charge on any atom is 0.405 e. The number of fused-ring (bicyclic) bond motifs is 1. The predicted molar refractivity (Wildman–Crippen MR) is 147 cm³/mol. The van der Waals surface area contributed by atoms with E-state index in [0.29, 0.717) is 23.0 Å². The number of allylic oxidation sites excluding steroid dienone is 1. The van der Waals surface area contributed by atoms with Crippen molar-refractivity contribution in [2.75, 3.05) is 11.9 Å². The Kier molecular flexibility index (Phi) is 8.36. The molecular formula is C28H23F5N6OS. The molecule has 2 aromatic heterocycles. The fourth-order valence-electron chi connectivity index (χ4n) is 4.24. The zero-order valence-electron chi connectivity index (χ0n) is 21.3. The lowest BCUT2D eigenvalue weighted by atomic mass is 10.0.